The molecular formula is C26H24O6. The molecule has 3 atom stereocenters. The van der Waals surface area contributed by atoms with Crippen molar-refractivity contribution >= 4 is 5.97 Å². The van der Waals surface area contributed by atoms with Crippen LogP contribution in [0.1, 0.15) is 22.6 Å². The van der Waals surface area contributed by atoms with Crippen molar-refractivity contribution in [3.63, 3.8) is 0 Å². The number of methoxy groups -OCH3 is 2. The average Bonchev–Trinajstić information content (AvgIpc) is 3.19. The quantitative estimate of drug-likeness (QED) is 0.495. The molecule has 0 saturated carbocycles. The smallest absolute Gasteiger partial charge is 0.309 e. The second kappa shape index (κ2) is 9.16. The molecule has 0 radical (unpaired) electrons. The van der Waals surface area contributed by atoms with Crippen LogP contribution in [0.4, 0.5) is 0 Å². The molecule has 0 N–H and O–H groups in total. The van der Waals surface area contributed by atoms with Crippen molar-refractivity contribution in [2.24, 2.45) is 11.8 Å². The van der Waals surface area contributed by atoms with Crippen molar-refractivity contribution in [1.29, 1.82) is 0 Å². The van der Waals surface area contributed by atoms with Crippen molar-refractivity contribution < 1.29 is 28.5 Å². The molecular weight excluding hydrogens is 408 g/mol. The maximum atomic E-state index is 12.5. The number of ether oxygens (including phenoxy) is 5. The summed E-state index contributed by atoms with van der Waals surface area (Å²) < 4.78 is 27.9. The standard InChI is InChI=1S/C26H24O6/c1-5-9-30-21-8-7-16(12-22(21)28-3)25-18-14-24(31-10-6-2)23(29-4)13-17(18)11-19-20(25)15-32-26(19)27/h1-2,7-8,12-14,19-20,25H,9-11,15H2,3-4H3/t19-,20+,25?/m1/s1. The van der Waals surface area contributed by atoms with Gasteiger partial charge in [-0.2, -0.15) is 0 Å². The fraction of sp³-hybridized carbons (Fsp3) is 0.346. The highest BCUT2D eigenvalue weighted by molar-refractivity contribution is 5.77. The summed E-state index contributed by atoms with van der Waals surface area (Å²) in [6.07, 6.45) is 11.3. The number of terminal acetylenes is 2. The van der Waals surface area contributed by atoms with Crippen LogP contribution in [0, 0.1) is 36.5 Å². The Hall–Kier alpha value is -3.77. The van der Waals surface area contributed by atoms with E-state index in [1.807, 2.05) is 30.3 Å². The second-order valence-electron chi connectivity index (χ2n) is 7.68. The van der Waals surface area contributed by atoms with Crippen LogP contribution in [0.2, 0.25) is 0 Å². The lowest BCUT2D eigenvalue weighted by Crippen LogP contribution is -2.31. The molecule has 0 amide bonds. The Kier molecular flexibility index (Phi) is 6.14. The Morgan fingerprint density at radius 3 is 2.34 bits per heavy atom. The van der Waals surface area contributed by atoms with Gasteiger partial charge in [-0.05, 0) is 47.4 Å². The summed E-state index contributed by atoms with van der Waals surface area (Å²) in [6.45, 7) is 0.630. The van der Waals surface area contributed by atoms with E-state index in [0.29, 0.717) is 36.0 Å². The summed E-state index contributed by atoms with van der Waals surface area (Å²) in [5.74, 6) is 6.72. The lowest BCUT2D eigenvalue weighted by Gasteiger charge is -2.34. The van der Waals surface area contributed by atoms with Crippen LogP contribution >= 0.6 is 0 Å². The van der Waals surface area contributed by atoms with Crippen molar-refractivity contribution in [3.05, 3.63) is 47.0 Å². The first-order valence-corrected chi connectivity index (χ1v) is 10.3. The van der Waals surface area contributed by atoms with Gasteiger partial charge in [-0.15, -0.1) is 12.8 Å². The van der Waals surface area contributed by atoms with E-state index in [0.717, 1.165) is 16.7 Å². The third-order valence-electron chi connectivity index (χ3n) is 6.03. The minimum Gasteiger partial charge on any atom is -0.493 e. The van der Waals surface area contributed by atoms with E-state index in [9.17, 15) is 4.79 Å². The maximum absolute atomic E-state index is 12.5. The summed E-state index contributed by atoms with van der Waals surface area (Å²) in [4.78, 5) is 12.5. The number of hydrogen-bond acceptors (Lipinski definition) is 6. The Morgan fingerprint density at radius 1 is 0.969 bits per heavy atom. The van der Waals surface area contributed by atoms with Gasteiger partial charge in [0.25, 0.3) is 0 Å². The highest BCUT2D eigenvalue weighted by Gasteiger charge is 2.47. The predicted octanol–water partition coefficient (Wildman–Crippen LogP) is 3.21. The molecule has 164 valence electrons. The highest BCUT2D eigenvalue weighted by Crippen LogP contribution is 2.50. The van der Waals surface area contributed by atoms with Crippen LogP contribution in [0.25, 0.3) is 0 Å². The van der Waals surface area contributed by atoms with E-state index in [1.54, 1.807) is 14.2 Å². The van der Waals surface area contributed by atoms with Gasteiger partial charge < -0.3 is 23.7 Å². The molecule has 1 aliphatic heterocycles. The minimum absolute atomic E-state index is 0.00828. The van der Waals surface area contributed by atoms with Crippen LogP contribution in [-0.4, -0.2) is 40.0 Å². The topological polar surface area (TPSA) is 63.2 Å². The lowest BCUT2D eigenvalue weighted by molar-refractivity contribution is -0.141. The Bertz CT molecular complexity index is 1110. The fourth-order valence-corrected chi connectivity index (χ4v) is 4.63. The zero-order valence-corrected chi connectivity index (χ0v) is 18.1. The lowest BCUT2D eigenvalue weighted by atomic mass is 9.67. The Balaban J connectivity index is 1.83. The normalized spacial score (nSPS) is 20.8. The van der Waals surface area contributed by atoms with Crippen LogP contribution < -0.4 is 18.9 Å². The Morgan fingerprint density at radius 2 is 1.66 bits per heavy atom. The monoisotopic (exact) mass is 432 g/mol. The van der Waals surface area contributed by atoms with Crippen molar-refractivity contribution in [1.82, 2.24) is 0 Å². The molecule has 2 aliphatic rings. The fourth-order valence-electron chi connectivity index (χ4n) is 4.63. The zero-order chi connectivity index (χ0) is 22.7. The summed E-state index contributed by atoms with van der Waals surface area (Å²) >= 11 is 0. The largest absolute Gasteiger partial charge is 0.493 e. The molecule has 1 unspecified atom stereocenters. The first-order valence-electron chi connectivity index (χ1n) is 10.3. The maximum Gasteiger partial charge on any atom is 0.309 e. The number of carbonyl (C=O) groups excluding carboxylic acids is 1. The highest BCUT2D eigenvalue weighted by atomic mass is 16.5. The van der Waals surface area contributed by atoms with E-state index in [1.165, 1.54) is 0 Å². The SMILES string of the molecule is C#CCOc1ccc(C2c3cc(OCC#C)c(OC)cc3C[C@H]3C(=O)OC[C@H]23)cc1OC. The van der Waals surface area contributed by atoms with E-state index in [-0.39, 0.29) is 36.9 Å². The van der Waals surface area contributed by atoms with Gasteiger partial charge in [-0.25, -0.2) is 0 Å². The number of fused-ring (bicyclic) bond motifs is 2. The van der Waals surface area contributed by atoms with Crippen LogP contribution in [-0.2, 0) is 16.0 Å². The van der Waals surface area contributed by atoms with E-state index < -0.39 is 0 Å². The molecule has 1 aliphatic carbocycles. The van der Waals surface area contributed by atoms with Gasteiger partial charge in [0, 0.05) is 11.8 Å². The number of hydrogen-bond donors (Lipinski definition) is 0. The summed E-state index contributed by atoms with van der Waals surface area (Å²) in [6, 6.07) is 9.63. The summed E-state index contributed by atoms with van der Waals surface area (Å²) in [5.41, 5.74) is 3.06. The van der Waals surface area contributed by atoms with Gasteiger partial charge in [0.1, 0.15) is 13.2 Å². The number of benzene rings is 2. The molecule has 32 heavy (non-hydrogen) atoms. The molecule has 1 saturated heterocycles. The molecule has 1 fully saturated rings. The van der Waals surface area contributed by atoms with Gasteiger partial charge in [-0.1, -0.05) is 17.9 Å². The zero-order valence-electron chi connectivity index (χ0n) is 18.1. The summed E-state index contributed by atoms with van der Waals surface area (Å²) in [7, 11) is 3.16. The van der Waals surface area contributed by atoms with Crippen LogP contribution in [0.3, 0.4) is 0 Å². The molecule has 0 bridgehead atoms. The molecule has 0 aromatic heterocycles. The first-order chi connectivity index (χ1) is 15.6. The van der Waals surface area contributed by atoms with Crippen LogP contribution in [0.15, 0.2) is 30.3 Å². The third kappa shape index (κ3) is 3.81. The van der Waals surface area contributed by atoms with E-state index in [2.05, 4.69) is 11.8 Å². The van der Waals surface area contributed by atoms with Gasteiger partial charge >= 0.3 is 5.97 Å². The van der Waals surface area contributed by atoms with Crippen molar-refractivity contribution in [3.8, 4) is 47.7 Å². The molecule has 6 heteroatoms. The number of esters is 1. The van der Waals surface area contributed by atoms with Gasteiger partial charge in [-0.3, -0.25) is 4.79 Å². The molecule has 2 aromatic rings. The van der Waals surface area contributed by atoms with Crippen molar-refractivity contribution in [2.45, 2.75) is 12.3 Å². The third-order valence-corrected chi connectivity index (χ3v) is 6.03. The first kappa shape index (κ1) is 21.5. The number of cyclic esters (lactones) is 1. The van der Waals surface area contributed by atoms with Gasteiger partial charge in [0.05, 0.1) is 26.7 Å². The summed E-state index contributed by atoms with van der Waals surface area (Å²) in [5, 5.41) is 0. The molecule has 2 aromatic carbocycles. The van der Waals surface area contributed by atoms with E-state index in [4.69, 9.17) is 36.5 Å². The molecule has 4 rings (SSSR count). The van der Waals surface area contributed by atoms with E-state index >= 15 is 0 Å². The van der Waals surface area contributed by atoms with Gasteiger partial charge in [0.15, 0.2) is 23.0 Å². The predicted molar refractivity (Wildman–Crippen MR) is 118 cm³/mol. The minimum atomic E-state index is -0.224. The molecule has 6 nitrogen and oxygen atoms in total. The van der Waals surface area contributed by atoms with Crippen LogP contribution in [0.5, 0.6) is 23.0 Å². The molecule has 0 spiro atoms. The van der Waals surface area contributed by atoms with Gasteiger partial charge in [0.2, 0.25) is 0 Å². The van der Waals surface area contributed by atoms with Crippen molar-refractivity contribution in [2.75, 3.05) is 34.0 Å². The Labute approximate surface area is 187 Å². The second-order valence-corrected chi connectivity index (χ2v) is 7.68. The molecule has 1 heterocycles. The number of carbonyl (C=O) groups is 1. The number of rotatable bonds is 7. The average molecular weight is 432 g/mol.